The number of epoxide rings is 1. The zero-order chi connectivity index (χ0) is 12.8. The molecule has 2 rings (SSSR count). The predicted octanol–water partition coefficient (Wildman–Crippen LogP) is 4.32. The zero-order valence-corrected chi connectivity index (χ0v) is 12.2. The Morgan fingerprint density at radius 2 is 1.94 bits per heavy atom. The summed E-state index contributed by atoms with van der Waals surface area (Å²) in [5.74, 6) is 0.755. The van der Waals surface area contributed by atoms with Crippen molar-refractivity contribution in [3.63, 3.8) is 0 Å². The fraction of sp³-hybridized carbons (Fsp3) is 1.00. The van der Waals surface area contributed by atoms with Crippen molar-refractivity contribution in [2.24, 2.45) is 5.92 Å². The summed E-state index contributed by atoms with van der Waals surface area (Å²) < 4.78 is 11.5. The molecule has 2 nitrogen and oxygen atoms in total. The standard InChI is InChI=1S/C16H30O2/c1-3-4-5-6-7-8-11-17-13-14-9-10-16(2)15(12-14)18-16/h14-15H,3-13H2,1-2H3. The van der Waals surface area contributed by atoms with Gasteiger partial charge >= 0.3 is 0 Å². The Hall–Kier alpha value is -0.0800. The van der Waals surface area contributed by atoms with Crippen LogP contribution in [-0.2, 0) is 9.47 Å². The van der Waals surface area contributed by atoms with E-state index in [1.54, 1.807) is 0 Å². The van der Waals surface area contributed by atoms with E-state index in [9.17, 15) is 0 Å². The van der Waals surface area contributed by atoms with E-state index in [-0.39, 0.29) is 5.60 Å². The van der Waals surface area contributed by atoms with Gasteiger partial charge < -0.3 is 9.47 Å². The predicted molar refractivity (Wildman–Crippen MR) is 74.8 cm³/mol. The molecule has 1 aliphatic carbocycles. The fourth-order valence-corrected chi connectivity index (χ4v) is 3.11. The Balaban J connectivity index is 1.40. The summed E-state index contributed by atoms with van der Waals surface area (Å²) in [4.78, 5) is 0. The van der Waals surface area contributed by atoms with Crippen LogP contribution in [0.4, 0.5) is 0 Å². The van der Waals surface area contributed by atoms with Gasteiger partial charge in [-0.05, 0) is 38.5 Å². The average molecular weight is 254 g/mol. The molecule has 1 aliphatic heterocycles. The van der Waals surface area contributed by atoms with Crippen molar-refractivity contribution >= 4 is 0 Å². The highest BCUT2D eigenvalue weighted by molar-refractivity contribution is 5.03. The highest BCUT2D eigenvalue weighted by Crippen LogP contribution is 2.49. The first kappa shape index (κ1) is 14.3. The van der Waals surface area contributed by atoms with E-state index in [1.807, 2.05) is 0 Å². The van der Waals surface area contributed by atoms with Gasteiger partial charge in [-0.1, -0.05) is 39.0 Å². The van der Waals surface area contributed by atoms with E-state index in [0.717, 1.165) is 19.1 Å². The Bertz CT molecular complexity index is 241. The molecule has 106 valence electrons. The monoisotopic (exact) mass is 254 g/mol. The van der Waals surface area contributed by atoms with Crippen molar-refractivity contribution in [1.82, 2.24) is 0 Å². The van der Waals surface area contributed by atoms with Gasteiger partial charge in [0.05, 0.1) is 11.7 Å². The number of ether oxygens (including phenoxy) is 2. The Morgan fingerprint density at radius 3 is 2.72 bits per heavy atom. The van der Waals surface area contributed by atoms with Crippen molar-refractivity contribution in [2.45, 2.75) is 83.3 Å². The van der Waals surface area contributed by atoms with Gasteiger partial charge in [-0.15, -0.1) is 0 Å². The van der Waals surface area contributed by atoms with Gasteiger partial charge in [0.1, 0.15) is 0 Å². The van der Waals surface area contributed by atoms with Gasteiger partial charge in [-0.2, -0.15) is 0 Å². The van der Waals surface area contributed by atoms with Gasteiger partial charge in [0.25, 0.3) is 0 Å². The zero-order valence-electron chi connectivity index (χ0n) is 12.2. The summed E-state index contributed by atoms with van der Waals surface area (Å²) in [5, 5.41) is 0. The van der Waals surface area contributed by atoms with E-state index in [4.69, 9.17) is 9.47 Å². The van der Waals surface area contributed by atoms with Crippen LogP contribution in [0.25, 0.3) is 0 Å². The highest BCUT2D eigenvalue weighted by atomic mass is 16.6. The third kappa shape index (κ3) is 4.24. The highest BCUT2D eigenvalue weighted by Gasteiger charge is 2.55. The molecule has 0 bridgehead atoms. The molecule has 2 aliphatic rings. The second-order valence-corrected chi connectivity index (χ2v) is 6.40. The van der Waals surface area contributed by atoms with E-state index < -0.39 is 0 Å². The summed E-state index contributed by atoms with van der Waals surface area (Å²) in [7, 11) is 0. The molecule has 0 aromatic rings. The minimum Gasteiger partial charge on any atom is -0.381 e. The van der Waals surface area contributed by atoms with Crippen molar-refractivity contribution in [3.05, 3.63) is 0 Å². The lowest BCUT2D eigenvalue weighted by Gasteiger charge is -2.22. The molecule has 0 radical (unpaired) electrons. The van der Waals surface area contributed by atoms with Crippen LogP contribution in [0, 0.1) is 5.92 Å². The van der Waals surface area contributed by atoms with Crippen molar-refractivity contribution < 1.29 is 9.47 Å². The lowest BCUT2D eigenvalue weighted by atomic mass is 9.83. The maximum atomic E-state index is 5.82. The molecule has 18 heavy (non-hydrogen) atoms. The van der Waals surface area contributed by atoms with Gasteiger partial charge in [0.2, 0.25) is 0 Å². The van der Waals surface area contributed by atoms with E-state index in [0.29, 0.717) is 6.10 Å². The Morgan fingerprint density at radius 1 is 1.17 bits per heavy atom. The van der Waals surface area contributed by atoms with Crippen LogP contribution in [0.1, 0.15) is 71.6 Å². The molecule has 1 saturated carbocycles. The number of hydrogen-bond acceptors (Lipinski definition) is 2. The number of fused-ring (bicyclic) bond motifs is 1. The summed E-state index contributed by atoms with van der Waals surface area (Å²) in [6.45, 7) is 6.45. The molecule has 0 aromatic heterocycles. The first-order valence-electron chi connectivity index (χ1n) is 8.00. The van der Waals surface area contributed by atoms with Crippen LogP contribution >= 0.6 is 0 Å². The van der Waals surface area contributed by atoms with Gasteiger partial charge in [-0.25, -0.2) is 0 Å². The molecule has 0 N–H and O–H groups in total. The first-order chi connectivity index (χ1) is 8.74. The normalized spacial score (nSPS) is 34.3. The van der Waals surface area contributed by atoms with Crippen molar-refractivity contribution in [2.75, 3.05) is 13.2 Å². The van der Waals surface area contributed by atoms with Crippen LogP contribution < -0.4 is 0 Å². The first-order valence-corrected chi connectivity index (χ1v) is 8.00. The van der Waals surface area contributed by atoms with Crippen LogP contribution in [0.3, 0.4) is 0 Å². The molecular formula is C16H30O2. The maximum absolute atomic E-state index is 5.82. The average Bonchev–Trinajstić information content (AvgIpc) is 3.03. The van der Waals surface area contributed by atoms with E-state index in [1.165, 1.54) is 57.8 Å². The molecule has 3 unspecified atom stereocenters. The van der Waals surface area contributed by atoms with Crippen molar-refractivity contribution in [1.29, 1.82) is 0 Å². The van der Waals surface area contributed by atoms with Crippen LogP contribution in [-0.4, -0.2) is 24.9 Å². The molecule has 0 amide bonds. The Kier molecular flexibility index (Phi) is 5.50. The molecular weight excluding hydrogens is 224 g/mol. The van der Waals surface area contributed by atoms with Gasteiger partial charge in [-0.3, -0.25) is 0 Å². The topological polar surface area (TPSA) is 21.8 Å². The second kappa shape index (κ2) is 6.91. The molecule has 2 heteroatoms. The molecule has 1 heterocycles. The van der Waals surface area contributed by atoms with Crippen LogP contribution in [0.2, 0.25) is 0 Å². The molecule has 2 fully saturated rings. The SMILES string of the molecule is CCCCCCCCOCC1CCC2(C)OC2C1. The molecule has 0 spiro atoms. The van der Waals surface area contributed by atoms with E-state index in [2.05, 4.69) is 13.8 Å². The largest absolute Gasteiger partial charge is 0.381 e. The number of hydrogen-bond donors (Lipinski definition) is 0. The summed E-state index contributed by atoms with van der Waals surface area (Å²) >= 11 is 0. The second-order valence-electron chi connectivity index (χ2n) is 6.40. The Labute approximate surface area is 112 Å². The molecule has 3 atom stereocenters. The summed E-state index contributed by atoms with van der Waals surface area (Å²) in [5.41, 5.74) is 0.260. The van der Waals surface area contributed by atoms with Gasteiger partial charge in [0, 0.05) is 13.2 Å². The van der Waals surface area contributed by atoms with Crippen LogP contribution in [0.5, 0.6) is 0 Å². The summed E-state index contributed by atoms with van der Waals surface area (Å²) in [6.07, 6.45) is 12.4. The van der Waals surface area contributed by atoms with Crippen molar-refractivity contribution in [3.8, 4) is 0 Å². The fourth-order valence-electron chi connectivity index (χ4n) is 3.11. The number of rotatable bonds is 9. The lowest BCUT2D eigenvalue weighted by molar-refractivity contribution is 0.0832. The van der Waals surface area contributed by atoms with Gasteiger partial charge in [0.15, 0.2) is 0 Å². The third-order valence-electron chi connectivity index (χ3n) is 4.63. The lowest BCUT2D eigenvalue weighted by Crippen LogP contribution is -2.24. The maximum Gasteiger partial charge on any atom is 0.0920 e. The third-order valence-corrected chi connectivity index (χ3v) is 4.63. The molecule has 1 saturated heterocycles. The molecule has 0 aromatic carbocycles. The number of unbranched alkanes of at least 4 members (excludes halogenated alkanes) is 5. The quantitative estimate of drug-likeness (QED) is 0.451. The minimum absolute atomic E-state index is 0.260. The van der Waals surface area contributed by atoms with Crippen LogP contribution in [0.15, 0.2) is 0 Å². The smallest absolute Gasteiger partial charge is 0.0920 e. The minimum atomic E-state index is 0.260. The van der Waals surface area contributed by atoms with E-state index >= 15 is 0 Å². The summed E-state index contributed by atoms with van der Waals surface area (Å²) in [6, 6.07) is 0.